The van der Waals surface area contributed by atoms with Crippen molar-refractivity contribution in [3.05, 3.63) is 142 Å². The summed E-state index contributed by atoms with van der Waals surface area (Å²) < 4.78 is 30.1. The number of carbonyl (C=O) groups excluding carboxylic acids is 1. The van der Waals surface area contributed by atoms with Crippen LogP contribution < -0.4 is 20.3 Å². The summed E-state index contributed by atoms with van der Waals surface area (Å²) in [5.74, 6) is 0.244. The maximum absolute atomic E-state index is 13.8. The Morgan fingerprint density at radius 2 is 1.62 bits per heavy atom. The highest BCUT2D eigenvalue weighted by Gasteiger charge is 2.26. The van der Waals surface area contributed by atoms with Crippen molar-refractivity contribution in [1.29, 1.82) is 0 Å². The van der Waals surface area contributed by atoms with Gasteiger partial charge in [-0.1, -0.05) is 66.2 Å². The Kier molecular flexibility index (Phi) is 13.4. The van der Waals surface area contributed by atoms with Gasteiger partial charge >= 0.3 is 0 Å². The second-order valence-corrected chi connectivity index (χ2v) is 19.1. The maximum atomic E-state index is 13.8. The van der Waals surface area contributed by atoms with E-state index >= 15 is 0 Å². The largest absolute Gasteiger partial charge is 0.375 e. The van der Waals surface area contributed by atoms with E-state index in [0.29, 0.717) is 21.7 Å². The molecule has 1 amide bonds. The van der Waals surface area contributed by atoms with E-state index in [-0.39, 0.29) is 28.7 Å². The molecule has 0 spiro atoms. The van der Waals surface area contributed by atoms with Gasteiger partial charge in [0.2, 0.25) is 5.91 Å². The van der Waals surface area contributed by atoms with Crippen molar-refractivity contribution in [3.8, 4) is 11.1 Å². The van der Waals surface area contributed by atoms with Gasteiger partial charge in [-0.2, -0.15) is 0 Å². The van der Waals surface area contributed by atoms with Gasteiger partial charge in [0.15, 0.2) is 5.82 Å². The smallest absolute Gasteiger partial charge is 0.293 e. The Balaban J connectivity index is 1.03. The first-order chi connectivity index (χ1) is 29.2. The Bertz CT molecular complexity index is 2620. The van der Waals surface area contributed by atoms with Gasteiger partial charge in [0.25, 0.3) is 15.7 Å². The van der Waals surface area contributed by atoms with Crippen molar-refractivity contribution in [3.63, 3.8) is 0 Å². The minimum absolute atomic E-state index is 0.0371. The molecule has 1 aromatic heterocycles. The van der Waals surface area contributed by atoms with E-state index in [1.54, 1.807) is 6.07 Å². The third kappa shape index (κ3) is 11.4. The van der Waals surface area contributed by atoms with Crippen LogP contribution in [0.2, 0.25) is 5.02 Å². The average molecular weight is 880 g/mol. The molecule has 0 aliphatic carbocycles. The zero-order chi connectivity index (χ0) is 43.1. The monoisotopic (exact) mass is 878 g/mol. The number of halogens is 1. The van der Waals surface area contributed by atoms with Crippen LogP contribution in [0, 0.1) is 10.1 Å². The first-order valence-corrected chi connectivity index (χ1v) is 22.7. The van der Waals surface area contributed by atoms with Gasteiger partial charge < -0.3 is 15.5 Å². The molecule has 61 heavy (non-hydrogen) atoms. The standard InChI is InChI=1S/C45H47ClN8O5S2/c1-45(2,3)50-43(55)25-34(29-60-36-10-5-4-6-11-36)49-40-20-18-37(27-42(40)54(56)57)61(58,59)51-44-39-19-17-35(26-41(39)47-30-48-44)53-23-21-52(22-24-53)28-32-9-7-8-12-38(32)31-13-15-33(46)16-14-31/h4-20,26-27,30,34,49H,21-25,28-29H2,1-3H3,(H,50,55)(H,47,48,51)/t34-/m1/s1. The number of fused-ring (bicyclic) bond motifs is 1. The number of sulfonamides is 1. The molecule has 1 aliphatic rings. The number of thioether (sulfide) groups is 1. The lowest BCUT2D eigenvalue weighted by atomic mass is 9.99. The summed E-state index contributed by atoms with van der Waals surface area (Å²) in [5, 5.41) is 19.7. The van der Waals surface area contributed by atoms with Crippen molar-refractivity contribution in [2.45, 2.75) is 55.1 Å². The number of rotatable bonds is 15. The lowest BCUT2D eigenvalue weighted by Gasteiger charge is -2.36. The van der Waals surface area contributed by atoms with Gasteiger partial charge in [-0.15, -0.1) is 11.8 Å². The number of hydrogen-bond donors (Lipinski definition) is 3. The average Bonchev–Trinajstić information content (AvgIpc) is 3.23. The van der Waals surface area contributed by atoms with E-state index in [0.717, 1.165) is 54.9 Å². The normalized spacial score (nSPS) is 14.1. The first-order valence-electron chi connectivity index (χ1n) is 19.8. The lowest BCUT2D eigenvalue weighted by Crippen LogP contribution is -2.46. The number of aromatic nitrogens is 2. The van der Waals surface area contributed by atoms with Gasteiger partial charge in [0, 0.05) is 83.5 Å². The zero-order valence-electron chi connectivity index (χ0n) is 34.0. The number of nitro groups is 1. The van der Waals surface area contributed by atoms with Crippen molar-refractivity contribution in [2.75, 3.05) is 46.9 Å². The summed E-state index contributed by atoms with van der Waals surface area (Å²) in [7, 11) is -4.34. The Labute approximate surface area is 365 Å². The molecule has 6 aromatic rings. The Hall–Kier alpha value is -5.74. The summed E-state index contributed by atoms with van der Waals surface area (Å²) >= 11 is 7.64. The summed E-state index contributed by atoms with van der Waals surface area (Å²) in [5.41, 5.74) is 4.24. The van der Waals surface area contributed by atoms with Crippen LogP contribution in [-0.4, -0.2) is 77.6 Å². The molecule has 3 N–H and O–H groups in total. The lowest BCUT2D eigenvalue weighted by molar-refractivity contribution is -0.384. The predicted molar refractivity (Wildman–Crippen MR) is 245 cm³/mol. The molecular weight excluding hydrogens is 832 g/mol. The number of nitrogens with zero attached hydrogens (tertiary/aromatic N) is 5. The van der Waals surface area contributed by atoms with Crippen LogP contribution in [-0.2, 0) is 21.4 Å². The number of carbonyl (C=O) groups is 1. The van der Waals surface area contributed by atoms with E-state index < -0.39 is 32.2 Å². The number of piperazine rings is 1. The highest BCUT2D eigenvalue weighted by molar-refractivity contribution is 7.99. The van der Waals surface area contributed by atoms with Crippen LogP contribution in [0.4, 0.5) is 22.9 Å². The Morgan fingerprint density at radius 3 is 2.34 bits per heavy atom. The molecule has 0 unspecified atom stereocenters. The molecule has 7 rings (SSSR count). The number of benzene rings is 5. The SMILES string of the molecule is CC(C)(C)NC(=O)C[C@H](CSc1ccccc1)Nc1ccc(S(=O)(=O)Nc2ncnc3cc(N4CCN(Cc5ccccc5-c5ccc(Cl)cc5)CC4)ccc23)cc1[N+](=O)[O-]. The van der Waals surface area contributed by atoms with Crippen LogP contribution in [0.3, 0.4) is 0 Å². The van der Waals surface area contributed by atoms with Crippen LogP contribution in [0.25, 0.3) is 22.0 Å². The van der Waals surface area contributed by atoms with Crippen LogP contribution >= 0.6 is 23.4 Å². The third-order valence-electron chi connectivity index (χ3n) is 10.1. The third-order valence-corrected chi connectivity index (χ3v) is 12.9. The van der Waals surface area contributed by atoms with Crippen LogP contribution in [0.15, 0.2) is 131 Å². The van der Waals surface area contributed by atoms with Crippen LogP contribution in [0.1, 0.15) is 32.8 Å². The van der Waals surface area contributed by atoms with Crippen LogP contribution in [0.5, 0.6) is 0 Å². The quantitative estimate of drug-likeness (QED) is 0.0513. The summed E-state index contributed by atoms with van der Waals surface area (Å²) in [6, 6.07) is 34.7. The molecule has 0 bridgehead atoms. The van der Waals surface area contributed by atoms with E-state index in [1.165, 1.54) is 41.3 Å². The van der Waals surface area contributed by atoms with Gasteiger partial charge in [-0.25, -0.2) is 18.4 Å². The minimum Gasteiger partial charge on any atom is -0.375 e. The molecule has 5 aromatic carbocycles. The van der Waals surface area contributed by atoms with Crippen molar-refractivity contribution in [1.82, 2.24) is 20.2 Å². The number of anilines is 3. The molecule has 2 heterocycles. The fraction of sp³-hybridized carbons (Fsp3) is 0.267. The van der Waals surface area contributed by atoms with Crippen molar-refractivity contribution in [2.24, 2.45) is 0 Å². The number of nitro benzene ring substituents is 1. The van der Waals surface area contributed by atoms with E-state index in [9.17, 15) is 23.3 Å². The molecule has 0 radical (unpaired) electrons. The first kappa shape index (κ1) is 43.4. The van der Waals surface area contributed by atoms with Gasteiger partial charge in [-0.05, 0) is 92.1 Å². The van der Waals surface area contributed by atoms with Gasteiger partial charge in [0.05, 0.1) is 15.3 Å². The maximum Gasteiger partial charge on any atom is 0.293 e. The molecule has 13 nitrogen and oxygen atoms in total. The topological polar surface area (TPSA) is 163 Å². The molecule has 1 atom stereocenters. The molecule has 316 valence electrons. The highest BCUT2D eigenvalue weighted by atomic mass is 35.5. The van der Waals surface area contributed by atoms with E-state index in [1.807, 2.05) is 87.5 Å². The molecule has 1 saturated heterocycles. The molecule has 1 aliphatic heterocycles. The molecule has 16 heteroatoms. The van der Waals surface area contributed by atoms with Crippen molar-refractivity contribution >= 4 is 73.1 Å². The number of nitrogens with one attached hydrogen (secondary N) is 3. The Morgan fingerprint density at radius 1 is 0.902 bits per heavy atom. The second kappa shape index (κ2) is 18.9. The van der Waals surface area contributed by atoms with E-state index in [2.05, 4.69) is 59.4 Å². The molecule has 0 saturated carbocycles. The molecular formula is C45H47ClN8O5S2. The summed E-state index contributed by atoms with van der Waals surface area (Å²) in [4.78, 5) is 38.8. The van der Waals surface area contributed by atoms with E-state index in [4.69, 9.17) is 11.6 Å². The number of amides is 1. The number of hydrogen-bond acceptors (Lipinski definition) is 11. The van der Waals surface area contributed by atoms with Gasteiger partial charge in [0.1, 0.15) is 12.0 Å². The summed E-state index contributed by atoms with van der Waals surface area (Å²) in [6.07, 6.45) is 1.33. The summed E-state index contributed by atoms with van der Waals surface area (Å²) in [6.45, 7) is 9.72. The minimum atomic E-state index is -4.34. The highest BCUT2D eigenvalue weighted by Crippen LogP contribution is 2.33. The second-order valence-electron chi connectivity index (χ2n) is 15.9. The zero-order valence-corrected chi connectivity index (χ0v) is 36.4. The predicted octanol–water partition coefficient (Wildman–Crippen LogP) is 8.86. The van der Waals surface area contributed by atoms with Crippen molar-refractivity contribution < 1.29 is 18.1 Å². The fourth-order valence-electron chi connectivity index (χ4n) is 7.21. The fourth-order valence-corrected chi connectivity index (χ4v) is 9.33. The van der Waals surface area contributed by atoms with Gasteiger partial charge in [-0.3, -0.25) is 24.5 Å². The molecule has 1 fully saturated rings.